The smallest absolute Gasteiger partial charge is 0.226 e. The minimum atomic E-state index is 0.156. The van der Waals surface area contributed by atoms with Gasteiger partial charge < -0.3 is 15.5 Å². The lowest BCUT2D eigenvalue weighted by Crippen LogP contribution is -2.31. The number of nitrogens with two attached hydrogens (primary N) is 1. The molecule has 132 valence electrons. The van der Waals surface area contributed by atoms with Crippen LogP contribution in [-0.4, -0.2) is 44.3 Å². The van der Waals surface area contributed by atoms with Gasteiger partial charge in [0.1, 0.15) is 17.3 Å². The van der Waals surface area contributed by atoms with E-state index in [2.05, 4.69) is 31.3 Å². The summed E-state index contributed by atoms with van der Waals surface area (Å²) in [5.74, 6) is 2.85. The molecule has 3 N–H and O–H groups in total. The van der Waals surface area contributed by atoms with E-state index < -0.39 is 0 Å². The third kappa shape index (κ3) is 3.05. The molecule has 0 amide bonds. The van der Waals surface area contributed by atoms with Crippen molar-refractivity contribution < 1.29 is 4.42 Å². The molecule has 0 radical (unpaired) electrons. The summed E-state index contributed by atoms with van der Waals surface area (Å²) in [6.45, 7) is 4.79. The molecule has 8 heteroatoms. The van der Waals surface area contributed by atoms with Gasteiger partial charge in [0.25, 0.3) is 0 Å². The van der Waals surface area contributed by atoms with Gasteiger partial charge in [-0.25, -0.2) is 0 Å². The first-order valence-electron chi connectivity index (χ1n) is 8.61. The summed E-state index contributed by atoms with van der Waals surface area (Å²) in [4.78, 5) is 11.3. The number of nitrogens with zero attached hydrogens (tertiary/aromatic N) is 5. The highest BCUT2D eigenvalue weighted by Crippen LogP contribution is 2.27. The van der Waals surface area contributed by atoms with Crippen LogP contribution < -0.4 is 11.1 Å². The Morgan fingerprint density at radius 2 is 2.08 bits per heavy atom. The average Bonchev–Trinajstić information content (AvgIpc) is 3.31. The molecule has 3 aromatic heterocycles. The van der Waals surface area contributed by atoms with Crippen molar-refractivity contribution in [3.63, 3.8) is 0 Å². The molecule has 1 saturated heterocycles. The zero-order valence-corrected chi connectivity index (χ0v) is 14.6. The maximum absolute atomic E-state index is 6.04. The second-order valence-electron chi connectivity index (χ2n) is 6.53. The largest absolute Gasteiger partial charge is 0.465 e. The molecular formula is C17H23N7O. The predicted molar refractivity (Wildman–Crippen MR) is 96.2 cm³/mol. The number of furan rings is 1. The van der Waals surface area contributed by atoms with Crippen LogP contribution in [0.5, 0.6) is 0 Å². The summed E-state index contributed by atoms with van der Waals surface area (Å²) >= 11 is 0. The zero-order valence-electron chi connectivity index (χ0n) is 14.6. The summed E-state index contributed by atoms with van der Waals surface area (Å²) in [6, 6.07) is 4.22. The van der Waals surface area contributed by atoms with Crippen LogP contribution in [0.4, 0.5) is 11.8 Å². The lowest BCUT2D eigenvalue weighted by atomic mass is 10.2. The summed E-state index contributed by atoms with van der Waals surface area (Å²) in [7, 11) is 1.84. The molecule has 0 unspecified atom stereocenters. The van der Waals surface area contributed by atoms with Crippen LogP contribution in [0.25, 0.3) is 11.0 Å². The molecule has 0 aromatic carbocycles. The number of aromatic nitrogens is 4. The summed E-state index contributed by atoms with van der Waals surface area (Å²) in [6.07, 6.45) is 4.13. The molecular weight excluding hydrogens is 318 g/mol. The highest BCUT2D eigenvalue weighted by molar-refractivity contribution is 5.86. The van der Waals surface area contributed by atoms with E-state index in [1.54, 1.807) is 10.9 Å². The first-order chi connectivity index (χ1) is 12.1. The Morgan fingerprint density at radius 3 is 2.80 bits per heavy atom. The van der Waals surface area contributed by atoms with Gasteiger partial charge in [-0.15, -0.1) is 0 Å². The maximum atomic E-state index is 6.04. The fourth-order valence-corrected chi connectivity index (χ4v) is 3.41. The van der Waals surface area contributed by atoms with Crippen LogP contribution in [0.2, 0.25) is 0 Å². The Hall–Kier alpha value is -2.61. The van der Waals surface area contributed by atoms with Gasteiger partial charge in [-0.1, -0.05) is 0 Å². The van der Waals surface area contributed by atoms with Gasteiger partial charge in [-0.2, -0.15) is 15.1 Å². The van der Waals surface area contributed by atoms with Crippen molar-refractivity contribution in [2.75, 3.05) is 30.7 Å². The van der Waals surface area contributed by atoms with Crippen LogP contribution in [-0.2, 0) is 7.05 Å². The second-order valence-corrected chi connectivity index (χ2v) is 6.53. The van der Waals surface area contributed by atoms with Crippen molar-refractivity contribution in [1.82, 2.24) is 24.6 Å². The number of hydrogen-bond donors (Lipinski definition) is 2. The average molecular weight is 341 g/mol. The second kappa shape index (κ2) is 6.36. The normalized spacial score (nSPS) is 16.6. The SMILES string of the molecule is Cc1ccc([C@@H](CNc2nc(N)c3cnn(C)c3n2)N2CCCC2)o1. The van der Waals surface area contributed by atoms with E-state index in [-0.39, 0.29) is 6.04 Å². The van der Waals surface area contributed by atoms with E-state index >= 15 is 0 Å². The molecule has 25 heavy (non-hydrogen) atoms. The zero-order chi connectivity index (χ0) is 17.4. The molecule has 4 heterocycles. The first-order valence-corrected chi connectivity index (χ1v) is 8.61. The van der Waals surface area contributed by atoms with E-state index in [9.17, 15) is 0 Å². The van der Waals surface area contributed by atoms with E-state index in [1.165, 1.54) is 12.8 Å². The van der Waals surface area contributed by atoms with Crippen molar-refractivity contribution in [3.8, 4) is 0 Å². The lowest BCUT2D eigenvalue weighted by molar-refractivity contribution is 0.223. The van der Waals surface area contributed by atoms with E-state index in [4.69, 9.17) is 10.2 Å². The molecule has 0 bridgehead atoms. The number of likely N-dealkylation sites (tertiary alicyclic amines) is 1. The predicted octanol–water partition coefficient (Wildman–Crippen LogP) is 2.10. The van der Waals surface area contributed by atoms with Crippen LogP contribution in [0, 0.1) is 6.92 Å². The van der Waals surface area contributed by atoms with Gasteiger partial charge >= 0.3 is 0 Å². The van der Waals surface area contributed by atoms with Crippen molar-refractivity contribution in [3.05, 3.63) is 29.9 Å². The number of fused-ring (bicyclic) bond motifs is 1. The number of anilines is 2. The third-order valence-corrected chi connectivity index (χ3v) is 4.75. The Kier molecular flexibility index (Phi) is 4.04. The molecule has 1 atom stereocenters. The number of rotatable bonds is 5. The van der Waals surface area contributed by atoms with Crippen LogP contribution in [0.3, 0.4) is 0 Å². The summed E-state index contributed by atoms with van der Waals surface area (Å²) in [5, 5.41) is 8.29. The highest BCUT2D eigenvalue weighted by Gasteiger charge is 2.26. The van der Waals surface area contributed by atoms with Crippen molar-refractivity contribution in [2.24, 2.45) is 7.05 Å². The van der Waals surface area contributed by atoms with Crippen LogP contribution in [0.15, 0.2) is 22.7 Å². The van der Waals surface area contributed by atoms with Gasteiger partial charge in [0.2, 0.25) is 5.95 Å². The monoisotopic (exact) mass is 341 g/mol. The summed E-state index contributed by atoms with van der Waals surface area (Å²) < 4.78 is 7.59. The molecule has 0 saturated carbocycles. The number of aryl methyl sites for hydroxylation is 2. The fourth-order valence-electron chi connectivity index (χ4n) is 3.41. The lowest BCUT2D eigenvalue weighted by Gasteiger charge is -2.26. The molecule has 1 aliphatic rings. The van der Waals surface area contributed by atoms with Gasteiger partial charge in [0.05, 0.1) is 17.6 Å². The van der Waals surface area contributed by atoms with Crippen molar-refractivity contribution >= 4 is 22.8 Å². The Balaban J connectivity index is 1.57. The minimum Gasteiger partial charge on any atom is -0.465 e. The molecule has 1 aliphatic heterocycles. The van der Waals surface area contributed by atoms with Crippen molar-refractivity contribution in [2.45, 2.75) is 25.8 Å². The molecule has 1 fully saturated rings. The third-order valence-electron chi connectivity index (χ3n) is 4.75. The Labute approximate surface area is 146 Å². The van der Waals surface area contributed by atoms with Crippen molar-refractivity contribution in [1.29, 1.82) is 0 Å². The van der Waals surface area contributed by atoms with Crippen LogP contribution in [0.1, 0.15) is 30.4 Å². The molecule has 8 nitrogen and oxygen atoms in total. The minimum absolute atomic E-state index is 0.156. The van der Waals surface area contributed by atoms with E-state index in [0.29, 0.717) is 18.3 Å². The van der Waals surface area contributed by atoms with E-state index in [1.807, 2.05) is 20.0 Å². The molecule has 4 rings (SSSR count). The number of nitrogen functional groups attached to an aromatic ring is 1. The molecule has 0 aliphatic carbocycles. The van der Waals surface area contributed by atoms with Gasteiger partial charge in [0.15, 0.2) is 5.65 Å². The maximum Gasteiger partial charge on any atom is 0.226 e. The van der Waals surface area contributed by atoms with Gasteiger partial charge in [-0.05, 0) is 45.0 Å². The Bertz CT molecular complexity index is 878. The standard InChI is InChI=1S/C17H23N7O/c1-11-5-6-14(25-11)13(24-7-3-4-8-24)10-19-17-21-15(18)12-9-20-23(2)16(12)22-17/h5-6,9,13H,3-4,7-8,10H2,1-2H3,(H3,18,19,21,22)/t13-/m1/s1. The van der Waals surface area contributed by atoms with E-state index in [0.717, 1.165) is 35.6 Å². The highest BCUT2D eigenvalue weighted by atomic mass is 16.3. The quantitative estimate of drug-likeness (QED) is 0.733. The number of nitrogens with one attached hydrogen (secondary N) is 1. The summed E-state index contributed by atoms with van der Waals surface area (Å²) in [5.41, 5.74) is 6.76. The molecule has 0 spiro atoms. The van der Waals surface area contributed by atoms with Crippen LogP contribution >= 0.6 is 0 Å². The first kappa shape index (κ1) is 15.9. The van der Waals surface area contributed by atoms with Gasteiger partial charge in [0, 0.05) is 13.6 Å². The topological polar surface area (TPSA) is 98.0 Å². The fraction of sp³-hybridized carbons (Fsp3) is 0.471. The molecule has 3 aromatic rings. The van der Waals surface area contributed by atoms with Gasteiger partial charge in [-0.3, -0.25) is 9.58 Å². The number of hydrogen-bond acceptors (Lipinski definition) is 7. The Morgan fingerprint density at radius 1 is 1.28 bits per heavy atom.